The Morgan fingerprint density at radius 1 is 1.08 bits per heavy atom. The minimum Gasteiger partial charge on any atom is -0.339 e. The van der Waals surface area contributed by atoms with Crippen LogP contribution in [0.2, 0.25) is 10.0 Å². The molecule has 5 nitrogen and oxygen atoms in total. The van der Waals surface area contributed by atoms with Gasteiger partial charge in [-0.25, -0.2) is 0 Å². The number of amides is 2. The second kappa shape index (κ2) is 7.20. The number of carbonyl (C=O) groups is 2. The molecule has 0 saturated carbocycles. The van der Waals surface area contributed by atoms with Gasteiger partial charge in [0.05, 0.1) is 10.7 Å². The van der Waals surface area contributed by atoms with E-state index >= 15 is 0 Å². The van der Waals surface area contributed by atoms with Crippen LogP contribution in [0.5, 0.6) is 0 Å². The Labute approximate surface area is 149 Å². The third-order valence-corrected chi connectivity index (χ3v) is 4.36. The van der Waals surface area contributed by atoms with Gasteiger partial charge in [-0.3, -0.25) is 14.6 Å². The molecule has 0 aliphatic carbocycles. The largest absolute Gasteiger partial charge is 0.339 e. The van der Waals surface area contributed by atoms with Crippen molar-refractivity contribution in [1.29, 1.82) is 0 Å². The molecule has 1 saturated heterocycles. The van der Waals surface area contributed by atoms with Crippen molar-refractivity contribution in [2.75, 3.05) is 18.4 Å². The zero-order valence-electron chi connectivity index (χ0n) is 12.8. The Bertz CT molecular complexity index is 789. The molecule has 2 heterocycles. The predicted octanol–water partition coefficient (Wildman–Crippen LogP) is 3.88. The molecule has 1 aliphatic heterocycles. The predicted molar refractivity (Wildman–Crippen MR) is 93.8 cm³/mol. The van der Waals surface area contributed by atoms with Gasteiger partial charge in [0.25, 0.3) is 11.8 Å². The standard InChI is InChI=1S/C17H15Cl2N3O2/c18-12-3-4-14(13(19)10-12)21-16(23)15-9-11(5-6-20-15)17(24)22-7-1-2-8-22/h3-6,9-10H,1-2,7-8H2,(H,21,23). The van der Waals surface area contributed by atoms with Crippen LogP contribution >= 0.6 is 23.2 Å². The Morgan fingerprint density at radius 3 is 2.54 bits per heavy atom. The van der Waals surface area contributed by atoms with Gasteiger partial charge >= 0.3 is 0 Å². The second-order valence-corrected chi connectivity index (χ2v) is 6.35. The van der Waals surface area contributed by atoms with Crippen molar-refractivity contribution in [3.05, 3.63) is 57.8 Å². The van der Waals surface area contributed by atoms with Crippen molar-refractivity contribution in [3.8, 4) is 0 Å². The number of pyridine rings is 1. The molecule has 124 valence electrons. The lowest BCUT2D eigenvalue weighted by atomic mass is 10.2. The molecule has 0 unspecified atom stereocenters. The lowest BCUT2D eigenvalue weighted by Crippen LogP contribution is -2.28. The molecule has 1 aromatic carbocycles. The summed E-state index contributed by atoms with van der Waals surface area (Å²) in [6.45, 7) is 1.51. The average Bonchev–Trinajstić information content (AvgIpc) is 3.11. The number of halogens is 2. The maximum absolute atomic E-state index is 12.4. The van der Waals surface area contributed by atoms with Crippen LogP contribution in [0, 0.1) is 0 Å². The molecule has 1 aromatic heterocycles. The van der Waals surface area contributed by atoms with Gasteiger partial charge in [0.15, 0.2) is 0 Å². The van der Waals surface area contributed by atoms with Crippen LogP contribution in [0.1, 0.15) is 33.7 Å². The molecule has 0 atom stereocenters. The van der Waals surface area contributed by atoms with Gasteiger partial charge < -0.3 is 10.2 Å². The molecule has 2 aromatic rings. The Balaban J connectivity index is 1.77. The summed E-state index contributed by atoms with van der Waals surface area (Å²) in [5, 5.41) is 3.49. The van der Waals surface area contributed by atoms with E-state index in [2.05, 4.69) is 10.3 Å². The monoisotopic (exact) mass is 363 g/mol. The molecule has 7 heteroatoms. The highest BCUT2D eigenvalue weighted by Gasteiger charge is 2.21. The Kier molecular flexibility index (Phi) is 5.02. The molecule has 3 rings (SSSR count). The van der Waals surface area contributed by atoms with E-state index in [-0.39, 0.29) is 11.6 Å². The summed E-state index contributed by atoms with van der Waals surface area (Å²) >= 11 is 11.9. The summed E-state index contributed by atoms with van der Waals surface area (Å²) in [6.07, 6.45) is 3.49. The van der Waals surface area contributed by atoms with Crippen molar-refractivity contribution >= 4 is 40.7 Å². The topological polar surface area (TPSA) is 62.3 Å². The van der Waals surface area contributed by atoms with Gasteiger partial charge in [-0.1, -0.05) is 23.2 Å². The van der Waals surface area contributed by atoms with Gasteiger partial charge in [0, 0.05) is 29.9 Å². The van der Waals surface area contributed by atoms with E-state index in [4.69, 9.17) is 23.2 Å². The Hall–Kier alpha value is -2.11. The summed E-state index contributed by atoms with van der Waals surface area (Å²) in [6, 6.07) is 7.90. The van der Waals surface area contributed by atoms with E-state index in [1.165, 1.54) is 12.3 Å². The van der Waals surface area contributed by atoms with E-state index in [9.17, 15) is 9.59 Å². The highest BCUT2D eigenvalue weighted by Crippen LogP contribution is 2.25. The molecular formula is C17H15Cl2N3O2. The molecule has 1 fully saturated rings. The minimum absolute atomic E-state index is 0.0755. The third kappa shape index (κ3) is 3.68. The van der Waals surface area contributed by atoms with E-state index in [0.717, 1.165) is 25.9 Å². The van der Waals surface area contributed by atoms with E-state index < -0.39 is 5.91 Å². The molecule has 0 spiro atoms. The number of hydrogen-bond donors (Lipinski definition) is 1. The number of hydrogen-bond acceptors (Lipinski definition) is 3. The Morgan fingerprint density at radius 2 is 1.83 bits per heavy atom. The third-order valence-electron chi connectivity index (χ3n) is 3.81. The molecule has 1 aliphatic rings. The SMILES string of the molecule is O=C(Nc1ccc(Cl)cc1Cl)c1cc(C(=O)N2CCCC2)ccn1. The van der Waals surface area contributed by atoms with Crippen molar-refractivity contribution in [3.63, 3.8) is 0 Å². The highest BCUT2D eigenvalue weighted by atomic mass is 35.5. The summed E-state index contributed by atoms with van der Waals surface area (Å²) < 4.78 is 0. The number of nitrogens with one attached hydrogen (secondary N) is 1. The fraction of sp³-hybridized carbons (Fsp3) is 0.235. The summed E-state index contributed by atoms with van der Waals surface area (Å²) in [4.78, 5) is 30.6. The second-order valence-electron chi connectivity index (χ2n) is 5.51. The molecule has 1 N–H and O–H groups in total. The number of aromatic nitrogens is 1. The first-order valence-electron chi connectivity index (χ1n) is 7.56. The number of rotatable bonds is 3. The van der Waals surface area contributed by atoms with Crippen LogP contribution in [-0.4, -0.2) is 34.8 Å². The summed E-state index contributed by atoms with van der Waals surface area (Å²) in [5.41, 5.74) is 1.05. The molecule has 0 radical (unpaired) electrons. The lowest BCUT2D eigenvalue weighted by Gasteiger charge is -2.15. The van der Waals surface area contributed by atoms with Gasteiger partial charge in [-0.2, -0.15) is 0 Å². The van der Waals surface area contributed by atoms with Crippen LogP contribution in [0.4, 0.5) is 5.69 Å². The quantitative estimate of drug-likeness (QED) is 0.899. The van der Waals surface area contributed by atoms with Crippen LogP contribution < -0.4 is 5.32 Å². The number of benzene rings is 1. The summed E-state index contributed by atoms with van der Waals surface area (Å²) in [5.74, 6) is -0.510. The van der Waals surface area contributed by atoms with Crippen LogP contribution in [0.15, 0.2) is 36.5 Å². The number of nitrogens with zero attached hydrogens (tertiary/aromatic N) is 2. The van der Waals surface area contributed by atoms with Crippen molar-refractivity contribution in [2.45, 2.75) is 12.8 Å². The van der Waals surface area contributed by atoms with Gasteiger partial charge in [-0.15, -0.1) is 0 Å². The first-order valence-corrected chi connectivity index (χ1v) is 8.32. The number of likely N-dealkylation sites (tertiary alicyclic amines) is 1. The molecule has 24 heavy (non-hydrogen) atoms. The summed E-state index contributed by atoms with van der Waals surface area (Å²) in [7, 11) is 0. The van der Waals surface area contributed by atoms with E-state index in [0.29, 0.717) is 21.3 Å². The van der Waals surface area contributed by atoms with Gasteiger partial charge in [0.2, 0.25) is 0 Å². The first kappa shape index (κ1) is 16.7. The van der Waals surface area contributed by atoms with Crippen molar-refractivity contribution in [2.24, 2.45) is 0 Å². The van der Waals surface area contributed by atoms with Crippen LogP contribution in [0.3, 0.4) is 0 Å². The maximum Gasteiger partial charge on any atom is 0.274 e. The smallest absolute Gasteiger partial charge is 0.274 e. The van der Waals surface area contributed by atoms with E-state index in [1.807, 2.05) is 0 Å². The normalized spacial score (nSPS) is 13.8. The number of anilines is 1. The first-order chi connectivity index (χ1) is 11.5. The molecule has 0 bridgehead atoms. The fourth-order valence-electron chi connectivity index (χ4n) is 2.57. The highest BCUT2D eigenvalue weighted by molar-refractivity contribution is 6.36. The van der Waals surface area contributed by atoms with Crippen molar-refractivity contribution < 1.29 is 9.59 Å². The number of carbonyl (C=O) groups excluding carboxylic acids is 2. The molecular weight excluding hydrogens is 349 g/mol. The molecule has 2 amide bonds. The van der Waals surface area contributed by atoms with Crippen LogP contribution in [0.25, 0.3) is 0 Å². The van der Waals surface area contributed by atoms with Gasteiger partial charge in [0.1, 0.15) is 5.69 Å². The fourth-order valence-corrected chi connectivity index (χ4v) is 3.02. The average molecular weight is 364 g/mol. The van der Waals surface area contributed by atoms with Crippen LogP contribution in [-0.2, 0) is 0 Å². The van der Waals surface area contributed by atoms with Crippen molar-refractivity contribution in [1.82, 2.24) is 9.88 Å². The minimum atomic E-state index is -0.435. The van der Waals surface area contributed by atoms with Gasteiger partial charge in [-0.05, 0) is 43.2 Å². The maximum atomic E-state index is 12.4. The zero-order valence-corrected chi connectivity index (χ0v) is 14.3. The lowest BCUT2D eigenvalue weighted by molar-refractivity contribution is 0.0792. The van der Waals surface area contributed by atoms with E-state index in [1.54, 1.807) is 29.2 Å². The zero-order chi connectivity index (χ0) is 17.1.